The number of ether oxygens (including phenoxy) is 1. The SMILES string of the molecule is C/C(=C(/c1ccccc1C(=O)O)c1cc2c3c(c1OC=O)CCCN3CCC2)c1nc2ccccc2s1. The van der Waals surface area contributed by atoms with E-state index in [0.29, 0.717) is 17.8 Å². The maximum atomic E-state index is 12.3. The zero-order valence-corrected chi connectivity index (χ0v) is 21.3. The Bertz CT molecular complexity index is 1550. The molecule has 1 aromatic heterocycles. The molecule has 3 aromatic carbocycles. The van der Waals surface area contributed by atoms with Gasteiger partial charge in [0.2, 0.25) is 0 Å². The van der Waals surface area contributed by atoms with E-state index in [2.05, 4.69) is 11.0 Å². The van der Waals surface area contributed by atoms with Crippen molar-refractivity contribution in [2.45, 2.75) is 32.6 Å². The number of hydrogen-bond acceptors (Lipinski definition) is 6. The van der Waals surface area contributed by atoms with Crippen molar-refractivity contribution in [1.29, 1.82) is 0 Å². The third kappa shape index (κ3) is 4.00. The number of carbonyl (C=O) groups excluding carboxylic acids is 1. The largest absolute Gasteiger partial charge is 0.478 e. The van der Waals surface area contributed by atoms with E-state index in [9.17, 15) is 14.7 Å². The summed E-state index contributed by atoms with van der Waals surface area (Å²) in [7, 11) is 0. The van der Waals surface area contributed by atoms with E-state index < -0.39 is 5.97 Å². The fourth-order valence-corrected chi connectivity index (χ4v) is 6.75. The zero-order chi connectivity index (χ0) is 25.5. The van der Waals surface area contributed by atoms with Crippen LogP contribution < -0.4 is 9.64 Å². The summed E-state index contributed by atoms with van der Waals surface area (Å²) in [5.41, 5.74) is 7.44. The maximum Gasteiger partial charge on any atom is 0.336 e. The first-order chi connectivity index (χ1) is 18.1. The van der Waals surface area contributed by atoms with Crippen LogP contribution in [0.25, 0.3) is 21.4 Å². The number of carboxylic acids is 1. The first-order valence-electron chi connectivity index (χ1n) is 12.5. The van der Waals surface area contributed by atoms with Crippen LogP contribution in [0.4, 0.5) is 5.69 Å². The summed E-state index contributed by atoms with van der Waals surface area (Å²) in [6.07, 6.45) is 3.78. The van der Waals surface area contributed by atoms with E-state index in [1.54, 1.807) is 23.5 Å². The molecule has 186 valence electrons. The first-order valence-corrected chi connectivity index (χ1v) is 13.3. The van der Waals surface area contributed by atoms with Gasteiger partial charge >= 0.3 is 5.97 Å². The Morgan fingerprint density at radius 3 is 2.51 bits per heavy atom. The second kappa shape index (κ2) is 9.48. The van der Waals surface area contributed by atoms with Crippen LogP contribution in [0, 0.1) is 0 Å². The number of rotatable bonds is 6. The summed E-state index contributed by atoms with van der Waals surface area (Å²) in [6, 6.07) is 17.1. The van der Waals surface area contributed by atoms with Crippen LogP contribution in [-0.4, -0.2) is 35.6 Å². The lowest BCUT2D eigenvalue weighted by Gasteiger charge is -2.38. The van der Waals surface area contributed by atoms with Gasteiger partial charge in [-0.3, -0.25) is 4.79 Å². The number of aryl methyl sites for hydroxylation is 1. The quantitative estimate of drug-likeness (QED) is 0.311. The Hall–Kier alpha value is -3.97. The molecule has 0 unspecified atom stereocenters. The van der Waals surface area contributed by atoms with Gasteiger partial charge in [0.05, 0.1) is 15.8 Å². The van der Waals surface area contributed by atoms with Crippen molar-refractivity contribution in [2.75, 3.05) is 18.0 Å². The van der Waals surface area contributed by atoms with Crippen molar-refractivity contribution in [3.63, 3.8) is 0 Å². The number of benzene rings is 3. The number of aromatic carboxylic acids is 1. The molecule has 0 atom stereocenters. The van der Waals surface area contributed by atoms with Gasteiger partial charge in [0.25, 0.3) is 6.47 Å². The van der Waals surface area contributed by atoms with E-state index in [1.165, 1.54) is 11.3 Å². The summed E-state index contributed by atoms with van der Waals surface area (Å²) in [5.74, 6) is -0.482. The van der Waals surface area contributed by atoms with Crippen LogP contribution in [0.1, 0.15) is 57.4 Å². The van der Waals surface area contributed by atoms with E-state index in [-0.39, 0.29) is 5.56 Å². The molecule has 37 heavy (non-hydrogen) atoms. The average molecular weight is 511 g/mol. The molecule has 1 N–H and O–H groups in total. The van der Waals surface area contributed by atoms with Crippen molar-refractivity contribution in [1.82, 2.24) is 4.98 Å². The normalized spacial score (nSPS) is 15.2. The lowest BCUT2D eigenvalue weighted by Crippen LogP contribution is -2.35. The number of aromatic nitrogens is 1. The van der Waals surface area contributed by atoms with Gasteiger partial charge in [0.15, 0.2) is 0 Å². The van der Waals surface area contributed by atoms with Gasteiger partial charge in [-0.05, 0) is 79.1 Å². The average Bonchev–Trinajstić information content (AvgIpc) is 3.36. The van der Waals surface area contributed by atoms with Gasteiger partial charge < -0.3 is 14.7 Å². The number of hydrogen-bond donors (Lipinski definition) is 1. The molecule has 0 amide bonds. The number of fused-ring (bicyclic) bond motifs is 1. The lowest BCUT2D eigenvalue weighted by molar-refractivity contribution is -0.120. The van der Waals surface area contributed by atoms with Crippen LogP contribution in [0.15, 0.2) is 54.6 Å². The molecular weight excluding hydrogens is 484 g/mol. The van der Waals surface area contributed by atoms with Gasteiger partial charge in [0.1, 0.15) is 10.8 Å². The van der Waals surface area contributed by atoms with Crippen molar-refractivity contribution >= 4 is 50.8 Å². The number of para-hydroxylation sites is 1. The minimum atomic E-state index is -1.01. The van der Waals surface area contributed by atoms with Crippen LogP contribution >= 0.6 is 11.3 Å². The molecule has 0 saturated carbocycles. The molecule has 3 heterocycles. The van der Waals surface area contributed by atoms with Crippen LogP contribution in [0.5, 0.6) is 5.75 Å². The Balaban J connectivity index is 1.70. The molecule has 0 bridgehead atoms. The summed E-state index contributed by atoms with van der Waals surface area (Å²) in [5, 5.41) is 10.9. The predicted molar refractivity (Wildman–Crippen MR) is 147 cm³/mol. The number of nitrogens with zero attached hydrogens (tertiary/aromatic N) is 2. The monoisotopic (exact) mass is 510 g/mol. The van der Waals surface area contributed by atoms with Gasteiger partial charge in [-0.25, -0.2) is 9.78 Å². The number of allylic oxidation sites excluding steroid dienone is 1. The van der Waals surface area contributed by atoms with Gasteiger partial charge in [0, 0.05) is 29.9 Å². The predicted octanol–water partition coefficient (Wildman–Crippen LogP) is 6.21. The smallest absolute Gasteiger partial charge is 0.336 e. The Kier molecular flexibility index (Phi) is 6.00. The number of carbonyl (C=O) groups is 2. The van der Waals surface area contributed by atoms with Crippen molar-refractivity contribution in [2.24, 2.45) is 0 Å². The van der Waals surface area contributed by atoms with Crippen LogP contribution in [0.3, 0.4) is 0 Å². The van der Waals surface area contributed by atoms with E-state index in [1.807, 2.05) is 43.3 Å². The van der Waals surface area contributed by atoms with E-state index >= 15 is 0 Å². The van der Waals surface area contributed by atoms with Crippen molar-refractivity contribution in [3.8, 4) is 5.75 Å². The molecule has 6 nitrogen and oxygen atoms in total. The van der Waals surface area contributed by atoms with Crippen molar-refractivity contribution in [3.05, 3.63) is 87.4 Å². The summed E-state index contributed by atoms with van der Waals surface area (Å²) in [6.45, 7) is 4.45. The summed E-state index contributed by atoms with van der Waals surface area (Å²) >= 11 is 1.57. The molecule has 0 radical (unpaired) electrons. The number of anilines is 1. The van der Waals surface area contributed by atoms with Gasteiger partial charge in [-0.15, -0.1) is 11.3 Å². The third-order valence-electron chi connectivity index (χ3n) is 7.32. The third-order valence-corrected chi connectivity index (χ3v) is 8.48. The molecule has 0 saturated heterocycles. The molecule has 2 aliphatic heterocycles. The fraction of sp³-hybridized carbons (Fsp3) is 0.233. The number of thiazole rings is 1. The summed E-state index contributed by atoms with van der Waals surface area (Å²) in [4.78, 5) is 31.4. The standard InChI is InChI=1S/C30H26N2O4S/c1-18(29-31-24-12-4-5-13-25(24)37-29)26(20-9-2-3-10-21(20)30(34)35)23-16-19-8-6-14-32-15-7-11-22(27(19)32)28(23)36-17-33/h2-5,9-10,12-13,16-17H,6-8,11,14-15H2,1H3,(H,34,35)/b26-18+. The minimum absolute atomic E-state index is 0.197. The van der Waals surface area contributed by atoms with Gasteiger partial charge in [-0.1, -0.05) is 30.3 Å². The highest BCUT2D eigenvalue weighted by molar-refractivity contribution is 7.19. The molecule has 0 spiro atoms. The first kappa shape index (κ1) is 23.4. The molecular formula is C30H26N2O4S. The zero-order valence-electron chi connectivity index (χ0n) is 20.5. The fourth-order valence-electron chi connectivity index (χ4n) is 5.78. The molecule has 0 fully saturated rings. The molecule has 6 rings (SSSR count). The Morgan fingerprint density at radius 1 is 1.03 bits per heavy atom. The van der Waals surface area contributed by atoms with Gasteiger partial charge in [-0.2, -0.15) is 0 Å². The highest BCUT2D eigenvalue weighted by atomic mass is 32.1. The Labute approximate surface area is 218 Å². The Morgan fingerprint density at radius 2 is 1.76 bits per heavy atom. The minimum Gasteiger partial charge on any atom is -0.478 e. The molecule has 2 aliphatic rings. The highest BCUT2D eigenvalue weighted by Crippen LogP contribution is 2.48. The van der Waals surface area contributed by atoms with E-state index in [4.69, 9.17) is 9.72 Å². The van der Waals surface area contributed by atoms with Crippen LogP contribution in [0.2, 0.25) is 0 Å². The highest BCUT2D eigenvalue weighted by Gasteiger charge is 2.31. The molecule has 4 aromatic rings. The second-order valence-corrected chi connectivity index (χ2v) is 10.5. The van der Waals surface area contributed by atoms with E-state index in [0.717, 1.165) is 76.3 Å². The van der Waals surface area contributed by atoms with Crippen LogP contribution in [-0.2, 0) is 17.6 Å². The molecule has 0 aliphatic carbocycles. The second-order valence-electron chi connectivity index (χ2n) is 9.49. The number of carboxylic acid groups (broad SMARTS) is 1. The topological polar surface area (TPSA) is 79.7 Å². The summed E-state index contributed by atoms with van der Waals surface area (Å²) < 4.78 is 6.81. The molecule has 7 heteroatoms. The maximum absolute atomic E-state index is 12.3. The van der Waals surface area contributed by atoms with Crippen molar-refractivity contribution < 1.29 is 19.4 Å². The lowest BCUT2D eigenvalue weighted by atomic mass is 9.83.